The van der Waals surface area contributed by atoms with Crippen LogP contribution >= 0.6 is 11.6 Å². The number of benzene rings is 2. The van der Waals surface area contributed by atoms with Crippen molar-refractivity contribution in [3.8, 4) is 0 Å². The molecule has 0 aliphatic rings. The van der Waals surface area contributed by atoms with E-state index in [0.29, 0.717) is 0 Å². The van der Waals surface area contributed by atoms with E-state index < -0.39 is 17.4 Å². The molecule has 0 aliphatic heterocycles. The number of ketones is 1. The standard InChI is InChI=1S/C13H7ClF2O/c14-8-5-6-10(12(16)7-8)13(17)9-3-1-2-4-11(9)15/h1-7H. The highest BCUT2D eigenvalue weighted by Gasteiger charge is 2.17. The number of rotatable bonds is 2. The Hall–Kier alpha value is -1.74. The molecule has 0 aromatic heterocycles. The highest BCUT2D eigenvalue weighted by Crippen LogP contribution is 2.19. The maximum Gasteiger partial charge on any atom is 0.198 e. The van der Waals surface area contributed by atoms with Gasteiger partial charge < -0.3 is 0 Å². The van der Waals surface area contributed by atoms with Gasteiger partial charge in [-0.25, -0.2) is 8.78 Å². The average Bonchev–Trinajstić information content (AvgIpc) is 2.29. The normalized spacial score (nSPS) is 10.3. The molecule has 0 bridgehead atoms. The maximum atomic E-state index is 13.5. The van der Waals surface area contributed by atoms with Crippen LogP contribution in [0.25, 0.3) is 0 Å². The van der Waals surface area contributed by atoms with Gasteiger partial charge in [0.2, 0.25) is 0 Å². The highest BCUT2D eigenvalue weighted by molar-refractivity contribution is 6.30. The smallest absolute Gasteiger partial charge is 0.198 e. The molecule has 1 nitrogen and oxygen atoms in total. The molecular formula is C13H7ClF2O. The first-order valence-corrected chi connectivity index (χ1v) is 5.21. The monoisotopic (exact) mass is 252 g/mol. The number of carbonyl (C=O) groups is 1. The van der Waals surface area contributed by atoms with E-state index in [1.165, 1.54) is 30.3 Å². The largest absolute Gasteiger partial charge is 0.288 e. The van der Waals surface area contributed by atoms with Gasteiger partial charge in [-0.15, -0.1) is 0 Å². The first-order chi connectivity index (χ1) is 8.09. The number of halogens is 3. The van der Waals surface area contributed by atoms with Crippen LogP contribution in [0, 0.1) is 11.6 Å². The van der Waals surface area contributed by atoms with E-state index in [2.05, 4.69) is 0 Å². The van der Waals surface area contributed by atoms with Crippen molar-refractivity contribution in [3.05, 3.63) is 70.2 Å². The summed E-state index contributed by atoms with van der Waals surface area (Å²) in [6, 6.07) is 9.10. The molecule has 0 atom stereocenters. The van der Waals surface area contributed by atoms with E-state index in [1.807, 2.05) is 0 Å². The van der Waals surface area contributed by atoms with Crippen molar-refractivity contribution in [2.75, 3.05) is 0 Å². The quantitative estimate of drug-likeness (QED) is 0.742. The third-order valence-electron chi connectivity index (χ3n) is 2.29. The molecule has 86 valence electrons. The molecule has 2 aromatic rings. The van der Waals surface area contributed by atoms with Gasteiger partial charge in [-0.05, 0) is 30.3 Å². The Labute approximate surface area is 102 Å². The molecule has 2 rings (SSSR count). The summed E-state index contributed by atoms with van der Waals surface area (Å²) in [4.78, 5) is 11.9. The second-order valence-corrected chi connectivity index (χ2v) is 3.87. The van der Waals surface area contributed by atoms with Crippen LogP contribution in [0.3, 0.4) is 0 Å². The number of hydrogen-bond donors (Lipinski definition) is 0. The number of hydrogen-bond acceptors (Lipinski definition) is 1. The zero-order valence-electron chi connectivity index (χ0n) is 8.58. The van der Waals surface area contributed by atoms with Crippen molar-refractivity contribution in [1.82, 2.24) is 0 Å². The third-order valence-corrected chi connectivity index (χ3v) is 2.53. The zero-order chi connectivity index (χ0) is 12.4. The molecule has 2 aromatic carbocycles. The molecule has 0 spiro atoms. The van der Waals surface area contributed by atoms with Gasteiger partial charge in [0, 0.05) is 5.02 Å². The molecule has 4 heteroatoms. The number of carbonyl (C=O) groups excluding carboxylic acids is 1. The van der Waals surface area contributed by atoms with Crippen LogP contribution < -0.4 is 0 Å². The van der Waals surface area contributed by atoms with E-state index in [9.17, 15) is 13.6 Å². The van der Waals surface area contributed by atoms with Gasteiger partial charge in [0.15, 0.2) is 5.78 Å². The summed E-state index contributed by atoms with van der Waals surface area (Å²) < 4.78 is 26.9. The predicted octanol–water partition coefficient (Wildman–Crippen LogP) is 3.85. The molecule has 0 saturated heterocycles. The van der Waals surface area contributed by atoms with E-state index in [0.717, 1.165) is 12.1 Å². The molecule has 0 amide bonds. The van der Waals surface area contributed by atoms with Gasteiger partial charge in [-0.3, -0.25) is 4.79 Å². The van der Waals surface area contributed by atoms with Crippen LogP contribution in [0.5, 0.6) is 0 Å². The Morgan fingerprint density at radius 1 is 0.941 bits per heavy atom. The van der Waals surface area contributed by atoms with Crippen molar-refractivity contribution >= 4 is 17.4 Å². The molecule has 17 heavy (non-hydrogen) atoms. The van der Waals surface area contributed by atoms with Crippen molar-refractivity contribution < 1.29 is 13.6 Å². The van der Waals surface area contributed by atoms with Crippen molar-refractivity contribution in [3.63, 3.8) is 0 Å². The third kappa shape index (κ3) is 2.34. The summed E-state index contributed by atoms with van der Waals surface area (Å²) in [5.74, 6) is -2.13. The molecule has 0 fully saturated rings. The average molecular weight is 253 g/mol. The lowest BCUT2D eigenvalue weighted by atomic mass is 10.0. The summed E-state index contributed by atoms with van der Waals surface area (Å²) in [7, 11) is 0. The SMILES string of the molecule is O=C(c1ccccc1F)c1ccc(Cl)cc1F. The fraction of sp³-hybridized carbons (Fsp3) is 0. The molecule has 0 radical (unpaired) electrons. The lowest BCUT2D eigenvalue weighted by Gasteiger charge is -2.04. The Balaban J connectivity index is 2.48. The van der Waals surface area contributed by atoms with Gasteiger partial charge >= 0.3 is 0 Å². The summed E-state index contributed by atoms with van der Waals surface area (Å²) in [5.41, 5.74) is -0.353. The van der Waals surface area contributed by atoms with Gasteiger partial charge in [0.25, 0.3) is 0 Å². The summed E-state index contributed by atoms with van der Waals surface area (Å²) in [5, 5.41) is 0.188. The Kier molecular flexibility index (Phi) is 3.20. The second-order valence-electron chi connectivity index (χ2n) is 3.43. The van der Waals surface area contributed by atoms with Crippen LogP contribution in [0.1, 0.15) is 15.9 Å². The van der Waals surface area contributed by atoms with Crippen LogP contribution in [0.4, 0.5) is 8.78 Å². The summed E-state index contributed by atoms with van der Waals surface area (Å²) in [6.45, 7) is 0. The molecule has 0 saturated carbocycles. The first-order valence-electron chi connectivity index (χ1n) is 4.84. The van der Waals surface area contributed by atoms with Crippen LogP contribution in [0.15, 0.2) is 42.5 Å². The lowest BCUT2D eigenvalue weighted by Crippen LogP contribution is -2.06. The zero-order valence-corrected chi connectivity index (χ0v) is 9.34. The molecule has 0 unspecified atom stereocenters. The van der Waals surface area contributed by atoms with Crippen molar-refractivity contribution in [2.24, 2.45) is 0 Å². The van der Waals surface area contributed by atoms with E-state index in [-0.39, 0.29) is 16.1 Å². The maximum absolute atomic E-state index is 13.5. The van der Waals surface area contributed by atoms with Crippen LogP contribution in [0.2, 0.25) is 5.02 Å². The summed E-state index contributed by atoms with van der Waals surface area (Å²) >= 11 is 5.57. The fourth-order valence-corrected chi connectivity index (χ4v) is 1.62. The molecule has 0 heterocycles. The summed E-state index contributed by atoms with van der Waals surface area (Å²) in [6.07, 6.45) is 0. The van der Waals surface area contributed by atoms with Gasteiger partial charge in [-0.1, -0.05) is 23.7 Å². The first kappa shape index (κ1) is 11.7. The predicted molar refractivity (Wildman–Crippen MR) is 61.2 cm³/mol. The second kappa shape index (κ2) is 4.63. The fourth-order valence-electron chi connectivity index (χ4n) is 1.46. The Morgan fingerprint density at radius 2 is 1.59 bits per heavy atom. The molecule has 0 aliphatic carbocycles. The minimum absolute atomic E-state index is 0.159. The lowest BCUT2D eigenvalue weighted by molar-refractivity contribution is 0.103. The van der Waals surface area contributed by atoms with Crippen molar-refractivity contribution in [1.29, 1.82) is 0 Å². The van der Waals surface area contributed by atoms with Crippen LogP contribution in [-0.2, 0) is 0 Å². The minimum Gasteiger partial charge on any atom is -0.288 e. The van der Waals surface area contributed by atoms with E-state index >= 15 is 0 Å². The Morgan fingerprint density at radius 3 is 2.24 bits per heavy atom. The van der Waals surface area contributed by atoms with E-state index in [4.69, 9.17) is 11.6 Å². The minimum atomic E-state index is -0.759. The topological polar surface area (TPSA) is 17.1 Å². The highest BCUT2D eigenvalue weighted by atomic mass is 35.5. The molecule has 0 N–H and O–H groups in total. The van der Waals surface area contributed by atoms with Gasteiger partial charge in [0.05, 0.1) is 11.1 Å². The van der Waals surface area contributed by atoms with Gasteiger partial charge in [0.1, 0.15) is 11.6 Å². The van der Waals surface area contributed by atoms with Gasteiger partial charge in [-0.2, -0.15) is 0 Å². The van der Waals surface area contributed by atoms with E-state index in [1.54, 1.807) is 0 Å². The van der Waals surface area contributed by atoms with Crippen LogP contribution in [-0.4, -0.2) is 5.78 Å². The molecular weight excluding hydrogens is 246 g/mol. The Bertz CT molecular complexity index is 581. The van der Waals surface area contributed by atoms with Crippen molar-refractivity contribution in [2.45, 2.75) is 0 Å².